The smallest absolute Gasteiger partial charge is 0.124 e. The third kappa shape index (κ3) is 3.31. The van der Waals surface area contributed by atoms with Gasteiger partial charge in [0.15, 0.2) is 0 Å². The number of hydrogen-bond donors (Lipinski definition) is 1. The van der Waals surface area contributed by atoms with E-state index in [0.29, 0.717) is 12.1 Å². The van der Waals surface area contributed by atoms with Crippen LogP contribution in [0.2, 0.25) is 0 Å². The Morgan fingerprint density at radius 3 is 3.00 bits per heavy atom. The van der Waals surface area contributed by atoms with Gasteiger partial charge in [0.1, 0.15) is 5.82 Å². The highest BCUT2D eigenvalue weighted by atomic mass is 19.1. The largest absolute Gasteiger partial charge is 0.392 e. The Balaban J connectivity index is 2.17. The summed E-state index contributed by atoms with van der Waals surface area (Å²) in [4.78, 5) is 2.20. The Bertz CT molecular complexity index is 482. The van der Waals surface area contributed by atoms with Gasteiger partial charge < -0.3 is 5.11 Å². The van der Waals surface area contributed by atoms with Gasteiger partial charge in [-0.25, -0.2) is 4.39 Å². The molecule has 0 bridgehead atoms. The molecule has 0 aromatic heterocycles. The fraction of sp³-hybridized carbons (Fsp3) is 0.533. The number of aliphatic hydroxyl groups is 1. The molecule has 1 saturated heterocycles. The molecule has 1 aromatic carbocycles. The van der Waals surface area contributed by atoms with Gasteiger partial charge in [-0.1, -0.05) is 12.5 Å². The molecular weight excluding hydrogens is 243 g/mol. The van der Waals surface area contributed by atoms with Crippen LogP contribution in [0.5, 0.6) is 0 Å². The zero-order valence-corrected chi connectivity index (χ0v) is 11.1. The first-order chi connectivity index (χ1) is 9.11. The van der Waals surface area contributed by atoms with E-state index in [1.165, 1.54) is 12.1 Å². The number of benzene rings is 1. The number of nitriles is 1. The summed E-state index contributed by atoms with van der Waals surface area (Å²) in [6, 6.07) is 6.50. The number of piperidine rings is 1. The molecule has 2 rings (SSSR count). The lowest BCUT2D eigenvalue weighted by molar-refractivity contribution is 0.0316. The summed E-state index contributed by atoms with van der Waals surface area (Å²) in [5.74, 6) is -0.383. The normalized spacial score (nSPS) is 21.9. The summed E-state index contributed by atoms with van der Waals surface area (Å²) in [6.45, 7) is 3.31. The van der Waals surface area contributed by atoms with Crippen LogP contribution < -0.4 is 0 Å². The first-order valence-electron chi connectivity index (χ1n) is 6.72. The second-order valence-electron chi connectivity index (χ2n) is 5.19. The van der Waals surface area contributed by atoms with Gasteiger partial charge in [-0.2, -0.15) is 5.26 Å². The van der Waals surface area contributed by atoms with E-state index in [1.54, 1.807) is 13.0 Å². The van der Waals surface area contributed by atoms with E-state index in [4.69, 9.17) is 5.26 Å². The van der Waals surface area contributed by atoms with Gasteiger partial charge in [-0.15, -0.1) is 0 Å². The monoisotopic (exact) mass is 262 g/mol. The summed E-state index contributed by atoms with van der Waals surface area (Å²) in [7, 11) is 0. The van der Waals surface area contributed by atoms with Crippen LogP contribution in [-0.2, 0) is 6.54 Å². The highest BCUT2D eigenvalue weighted by molar-refractivity contribution is 5.37. The zero-order chi connectivity index (χ0) is 13.8. The van der Waals surface area contributed by atoms with Crippen molar-refractivity contribution < 1.29 is 9.50 Å². The average Bonchev–Trinajstić information content (AvgIpc) is 2.41. The summed E-state index contributed by atoms with van der Waals surface area (Å²) in [6.07, 6.45) is 2.82. The highest BCUT2D eigenvalue weighted by Gasteiger charge is 2.26. The van der Waals surface area contributed by atoms with Crippen LogP contribution in [0, 0.1) is 17.1 Å². The second kappa shape index (κ2) is 6.14. The van der Waals surface area contributed by atoms with Crippen molar-refractivity contribution in [1.29, 1.82) is 5.26 Å². The molecule has 0 saturated carbocycles. The summed E-state index contributed by atoms with van der Waals surface area (Å²) in [5, 5.41) is 18.9. The molecule has 102 valence electrons. The molecule has 0 radical (unpaired) electrons. The minimum Gasteiger partial charge on any atom is -0.392 e. The minimum atomic E-state index is -0.383. The molecule has 19 heavy (non-hydrogen) atoms. The Labute approximate surface area is 113 Å². The van der Waals surface area contributed by atoms with Crippen molar-refractivity contribution in [3.63, 3.8) is 0 Å². The maximum Gasteiger partial charge on any atom is 0.124 e. The number of nitrogens with zero attached hydrogens (tertiary/aromatic N) is 2. The van der Waals surface area contributed by atoms with Crippen molar-refractivity contribution in [3.05, 3.63) is 35.1 Å². The van der Waals surface area contributed by atoms with E-state index in [1.807, 2.05) is 6.07 Å². The third-order valence-electron chi connectivity index (χ3n) is 3.79. The van der Waals surface area contributed by atoms with E-state index < -0.39 is 0 Å². The van der Waals surface area contributed by atoms with Crippen LogP contribution in [-0.4, -0.2) is 28.7 Å². The van der Waals surface area contributed by atoms with Crippen LogP contribution in [0.4, 0.5) is 4.39 Å². The van der Waals surface area contributed by atoms with Crippen LogP contribution in [0.15, 0.2) is 18.2 Å². The maximum absolute atomic E-state index is 13.1. The standard InChI is InChI=1S/C15H19FN2O/c1-11(19)15-4-2-3-7-18(15)10-12-5-6-14(16)8-13(12)9-17/h5-6,8,11,15,19H,2-4,7,10H2,1H3/t11-,15+/m0/s1. The van der Waals surface area contributed by atoms with Crippen molar-refractivity contribution >= 4 is 0 Å². The van der Waals surface area contributed by atoms with Crippen LogP contribution >= 0.6 is 0 Å². The Kier molecular flexibility index (Phi) is 4.52. The number of rotatable bonds is 3. The van der Waals surface area contributed by atoms with Crippen LogP contribution in [0.1, 0.15) is 37.3 Å². The molecule has 1 heterocycles. The first kappa shape index (κ1) is 14.0. The number of likely N-dealkylation sites (tertiary alicyclic amines) is 1. The molecule has 0 spiro atoms. The number of aliphatic hydroxyl groups excluding tert-OH is 1. The Morgan fingerprint density at radius 2 is 2.32 bits per heavy atom. The zero-order valence-electron chi connectivity index (χ0n) is 11.1. The molecule has 4 heteroatoms. The lowest BCUT2D eigenvalue weighted by atomic mass is 9.96. The van der Waals surface area contributed by atoms with Gasteiger partial charge in [0.05, 0.1) is 17.7 Å². The van der Waals surface area contributed by atoms with Gasteiger partial charge in [0.25, 0.3) is 0 Å². The summed E-state index contributed by atoms with van der Waals surface area (Å²) < 4.78 is 13.1. The first-order valence-corrected chi connectivity index (χ1v) is 6.72. The average molecular weight is 262 g/mol. The van der Waals surface area contributed by atoms with Gasteiger partial charge in [0, 0.05) is 12.6 Å². The summed E-state index contributed by atoms with van der Waals surface area (Å²) in [5.41, 5.74) is 1.21. The van der Waals surface area contributed by atoms with Gasteiger partial charge in [-0.05, 0) is 44.0 Å². The third-order valence-corrected chi connectivity index (χ3v) is 3.79. The van der Waals surface area contributed by atoms with E-state index in [0.717, 1.165) is 31.4 Å². The Morgan fingerprint density at radius 1 is 1.53 bits per heavy atom. The molecule has 1 fully saturated rings. The molecule has 1 N–H and O–H groups in total. The molecule has 1 aliphatic heterocycles. The molecule has 1 aromatic rings. The molecule has 3 nitrogen and oxygen atoms in total. The fourth-order valence-corrected chi connectivity index (χ4v) is 2.77. The Hall–Kier alpha value is -1.44. The van der Waals surface area contributed by atoms with E-state index in [2.05, 4.69) is 4.90 Å². The molecule has 2 atom stereocenters. The number of halogens is 1. The summed E-state index contributed by atoms with van der Waals surface area (Å²) >= 11 is 0. The van der Waals surface area contributed by atoms with Crippen molar-refractivity contribution in [2.24, 2.45) is 0 Å². The predicted molar refractivity (Wildman–Crippen MR) is 70.8 cm³/mol. The minimum absolute atomic E-state index is 0.130. The lowest BCUT2D eigenvalue weighted by Crippen LogP contribution is -2.45. The van der Waals surface area contributed by atoms with Gasteiger partial charge in [0.2, 0.25) is 0 Å². The molecule has 0 aliphatic carbocycles. The molecule has 0 unspecified atom stereocenters. The van der Waals surface area contributed by atoms with Crippen molar-refractivity contribution in [3.8, 4) is 6.07 Å². The van der Waals surface area contributed by atoms with E-state index in [9.17, 15) is 9.50 Å². The van der Waals surface area contributed by atoms with Crippen molar-refractivity contribution in [1.82, 2.24) is 4.90 Å². The topological polar surface area (TPSA) is 47.3 Å². The fourth-order valence-electron chi connectivity index (χ4n) is 2.77. The van der Waals surface area contributed by atoms with Crippen molar-refractivity contribution in [2.75, 3.05) is 6.54 Å². The van der Waals surface area contributed by atoms with Crippen LogP contribution in [0.25, 0.3) is 0 Å². The van der Waals surface area contributed by atoms with Gasteiger partial charge >= 0.3 is 0 Å². The molecule has 1 aliphatic rings. The molecular formula is C15H19FN2O. The van der Waals surface area contributed by atoms with E-state index in [-0.39, 0.29) is 18.0 Å². The molecule has 0 amide bonds. The lowest BCUT2D eigenvalue weighted by Gasteiger charge is -2.37. The predicted octanol–water partition coefficient (Wildman–Crippen LogP) is 2.43. The highest BCUT2D eigenvalue weighted by Crippen LogP contribution is 2.23. The quantitative estimate of drug-likeness (QED) is 0.910. The number of hydrogen-bond acceptors (Lipinski definition) is 3. The van der Waals surface area contributed by atoms with Gasteiger partial charge in [-0.3, -0.25) is 4.90 Å². The van der Waals surface area contributed by atoms with Crippen LogP contribution in [0.3, 0.4) is 0 Å². The van der Waals surface area contributed by atoms with Crippen molar-refractivity contribution in [2.45, 2.75) is 44.9 Å². The second-order valence-corrected chi connectivity index (χ2v) is 5.19. The SMILES string of the molecule is C[C@H](O)[C@H]1CCCCN1Cc1ccc(F)cc1C#N. The van der Waals surface area contributed by atoms with E-state index >= 15 is 0 Å². The maximum atomic E-state index is 13.1.